The fraction of sp³-hybridized carbons (Fsp3) is 0.556. The van der Waals surface area contributed by atoms with Crippen LogP contribution < -0.4 is 31.8 Å². The number of hydrogen-bond acceptors (Lipinski definition) is 14. The molecule has 0 unspecified atom stereocenters. The van der Waals surface area contributed by atoms with Crippen molar-refractivity contribution in [3.63, 3.8) is 0 Å². The first-order valence-corrected chi connectivity index (χ1v) is 20.0. The topological polar surface area (TPSA) is 246 Å². The molecule has 2 saturated carbocycles. The first kappa shape index (κ1) is 37.1. The lowest BCUT2D eigenvalue weighted by atomic mass is 9.74. The Kier molecular flexibility index (Phi) is 10.4. The number of nitrogens with one attached hydrogen (secondary N) is 1. The number of nitrogens with zero attached hydrogens (tertiary/aromatic N) is 1. The lowest BCUT2D eigenvalue weighted by Gasteiger charge is -2.37. The van der Waals surface area contributed by atoms with Crippen molar-refractivity contribution in [2.75, 3.05) is 17.8 Å². The lowest BCUT2D eigenvalue weighted by molar-refractivity contribution is -0.0734. The number of aliphatic hydroxyl groups excluding tert-OH is 3. The van der Waals surface area contributed by atoms with Gasteiger partial charge < -0.3 is 50.9 Å². The molecule has 52 heavy (non-hydrogen) atoms. The average Bonchev–Trinajstić information content (AvgIpc) is 3.76. The van der Waals surface area contributed by atoms with Crippen LogP contribution in [0, 0.1) is 0 Å². The predicted molar refractivity (Wildman–Crippen MR) is 198 cm³/mol. The summed E-state index contributed by atoms with van der Waals surface area (Å²) in [6.45, 7) is 1.15. The molecule has 7 rings (SSSR count). The Morgan fingerprint density at radius 1 is 1.13 bits per heavy atom. The summed E-state index contributed by atoms with van der Waals surface area (Å²) >= 11 is 0. The summed E-state index contributed by atoms with van der Waals surface area (Å²) in [6, 6.07) is 6.73. The van der Waals surface area contributed by atoms with Crippen LogP contribution in [0.1, 0.15) is 104 Å². The molecule has 2 bridgehead atoms. The van der Waals surface area contributed by atoms with Crippen LogP contribution in [0.5, 0.6) is 11.5 Å². The fourth-order valence-electron chi connectivity index (χ4n) is 8.34. The molecule has 16 heteroatoms. The minimum absolute atomic E-state index is 0.00685. The zero-order chi connectivity index (χ0) is 36.9. The van der Waals surface area contributed by atoms with Crippen LogP contribution >= 0.6 is 21.6 Å². The number of guanidine groups is 1. The normalized spacial score (nSPS) is 29.0. The van der Waals surface area contributed by atoms with E-state index in [9.17, 15) is 30.7 Å². The van der Waals surface area contributed by atoms with Crippen molar-refractivity contribution in [3.05, 3.63) is 62.5 Å². The highest BCUT2D eigenvalue weighted by molar-refractivity contribution is 8.76. The molecule has 1 aromatic heterocycles. The van der Waals surface area contributed by atoms with Gasteiger partial charge in [-0.15, -0.1) is 0 Å². The van der Waals surface area contributed by atoms with Crippen molar-refractivity contribution in [1.82, 2.24) is 0 Å². The molecule has 3 heterocycles. The summed E-state index contributed by atoms with van der Waals surface area (Å²) in [5.74, 6) is -0.197. The summed E-state index contributed by atoms with van der Waals surface area (Å²) < 4.78 is 20.2. The maximum absolute atomic E-state index is 15.3. The zero-order valence-corrected chi connectivity index (χ0v) is 30.4. The van der Waals surface area contributed by atoms with Gasteiger partial charge in [-0.3, -0.25) is 15.5 Å². The highest BCUT2D eigenvalue weighted by Gasteiger charge is 2.53. The van der Waals surface area contributed by atoms with Crippen molar-refractivity contribution in [1.29, 1.82) is 0 Å². The second-order valence-corrected chi connectivity index (χ2v) is 17.2. The third kappa shape index (κ3) is 6.72. The van der Waals surface area contributed by atoms with Crippen molar-refractivity contribution >= 4 is 44.2 Å². The van der Waals surface area contributed by atoms with E-state index in [1.54, 1.807) is 31.2 Å². The quantitative estimate of drug-likeness (QED) is 0.0525. The summed E-state index contributed by atoms with van der Waals surface area (Å²) in [4.78, 5) is 19.6. The van der Waals surface area contributed by atoms with Gasteiger partial charge in [0.05, 0.1) is 34.8 Å². The molecule has 0 spiro atoms. The Labute approximate surface area is 307 Å². The van der Waals surface area contributed by atoms with Crippen molar-refractivity contribution < 1.29 is 44.6 Å². The Balaban J connectivity index is 1.56. The molecule has 282 valence electrons. The fourth-order valence-corrected chi connectivity index (χ4v) is 11.3. The van der Waals surface area contributed by atoms with Gasteiger partial charge in [-0.25, -0.2) is 4.99 Å². The van der Waals surface area contributed by atoms with Gasteiger partial charge in [0.2, 0.25) is 0 Å². The van der Waals surface area contributed by atoms with Crippen LogP contribution in [-0.2, 0) is 6.42 Å². The van der Waals surface area contributed by atoms with Gasteiger partial charge in [-0.2, -0.15) is 0 Å². The van der Waals surface area contributed by atoms with Gasteiger partial charge in [0.25, 0.3) is 0 Å². The van der Waals surface area contributed by atoms with E-state index in [0.717, 1.165) is 47.3 Å². The minimum Gasteiger partial charge on any atom is -0.489 e. The Bertz CT molecular complexity index is 1890. The summed E-state index contributed by atoms with van der Waals surface area (Å²) in [6.07, 6.45) is 0.692. The smallest absolute Gasteiger partial charge is 0.200 e. The molecular formula is C36H46N4O10S2. The molecule has 0 saturated heterocycles. The van der Waals surface area contributed by atoms with E-state index in [0.29, 0.717) is 41.8 Å². The zero-order valence-electron chi connectivity index (χ0n) is 28.8. The summed E-state index contributed by atoms with van der Waals surface area (Å²) in [5.41, 5.74) is 12.6. The molecule has 2 aliphatic carbocycles. The van der Waals surface area contributed by atoms with E-state index in [4.69, 9.17) is 25.4 Å². The van der Waals surface area contributed by atoms with E-state index in [1.165, 1.54) is 0 Å². The average molecular weight is 759 g/mol. The second-order valence-electron chi connectivity index (χ2n) is 14.7. The van der Waals surface area contributed by atoms with Crippen LogP contribution in [0.3, 0.4) is 0 Å². The van der Waals surface area contributed by atoms with Crippen molar-refractivity contribution in [2.45, 2.75) is 112 Å². The molecular weight excluding hydrogens is 713 g/mol. The number of fused-ring (bicyclic) bond motifs is 5. The number of nitrogens with two attached hydrogens (primary N) is 2. The molecule has 14 nitrogen and oxygen atoms in total. The third-order valence-electron chi connectivity index (χ3n) is 10.9. The van der Waals surface area contributed by atoms with Gasteiger partial charge in [0.15, 0.2) is 17.7 Å². The number of ether oxygens (including phenoxy) is 2. The molecule has 3 aromatic rings. The van der Waals surface area contributed by atoms with Crippen molar-refractivity contribution in [3.8, 4) is 11.5 Å². The van der Waals surface area contributed by atoms with E-state index >= 15 is 4.79 Å². The molecule has 11 N–H and O–H groups in total. The lowest BCUT2D eigenvalue weighted by Crippen LogP contribution is -2.47. The first-order chi connectivity index (χ1) is 24.9. The molecule has 2 fully saturated rings. The van der Waals surface area contributed by atoms with Crippen LogP contribution in [-0.4, -0.2) is 78.7 Å². The summed E-state index contributed by atoms with van der Waals surface area (Å²) in [5, 5.41) is 64.7. The highest BCUT2D eigenvalue weighted by Crippen LogP contribution is 2.60. The standard InChI is InChI=1S/C36H46N4O10S2/c1-35(46)12-4-7-20-23-28(48-19-5-2-3-6-19)24-26(43)21(13-17-8-10-18(40-47)11-9-17)27-22(42)14-36(15-41,39-34(37)38)16-51-52-31(33(44)45)25(30(24)49-27)29(23)50-32(20)35/h8-11,19-20,22,31-33,40-42,44-47H,2-7,12-16H2,1H3,(H4,37,38,39)/t20-,22-,31+,32-,35-,36+/m0/s1. The molecule has 2 aromatic carbocycles. The van der Waals surface area contributed by atoms with Gasteiger partial charge in [-0.05, 0) is 69.6 Å². The van der Waals surface area contributed by atoms with Crippen LogP contribution in [0.25, 0.3) is 11.0 Å². The second kappa shape index (κ2) is 14.5. The van der Waals surface area contributed by atoms with E-state index in [1.807, 2.05) is 0 Å². The predicted octanol–water partition coefficient (Wildman–Crippen LogP) is 3.46. The van der Waals surface area contributed by atoms with Crippen LogP contribution in [0.4, 0.5) is 5.69 Å². The number of rotatable bonds is 8. The largest absolute Gasteiger partial charge is 0.489 e. The maximum Gasteiger partial charge on any atom is 0.200 e. The summed E-state index contributed by atoms with van der Waals surface area (Å²) in [7, 11) is 2.22. The van der Waals surface area contributed by atoms with E-state index < -0.39 is 46.9 Å². The molecule has 0 radical (unpaired) electrons. The van der Waals surface area contributed by atoms with Gasteiger partial charge in [0, 0.05) is 35.6 Å². The molecule has 4 aliphatic rings. The molecule has 6 atom stereocenters. The van der Waals surface area contributed by atoms with Gasteiger partial charge in [0.1, 0.15) is 46.0 Å². The van der Waals surface area contributed by atoms with Crippen molar-refractivity contribution in [2.24, 2.45) is 16.5 Å². The Hall–Kier alpha value is -3.22. The number of benzene rings is 2. The maximum atomic E-state index is 15.3. The van der Waals surface area contributed by atoms with Gasteiger partial charge in [-0.1, -0.05) is 33.7 Å². The Morgan fingerprint density at radius 3 is 2.52 bits per heavy atom. The number of aliphatic hydroxyl groups is 5. The number of anilines is 1. The SMILES string of the molecule is C[C@]1(O)CCC[C@H]2c3c(c4c5oc(c(Cc6ccc(NO)cc6)c(=O)c5c3OC3CCCC3)[C@@H](O)C[C@](CO)(N=C(N)N)CSS[C@H]4C(O)O)O[C@@H]21. The number of hydrogen-bond donors (Lipinski definition) is 9. The molecule has 0 amide bonds. The minimum atomic E-state index is -1.98. The van der Waals surface area contributed by atoms with E-state index in [2.05, 4.69) is 10.5 Å². The highest BCUT2D eigenvalue weighted by atomic mass is 33.1. The number of aliphatic imine (C=N–C) groups is 1. The monoisotopic (exact) mass is 758 g/mol. The van der Waals surface area contributed by atoms with Gasteiger partial charge >= 0.3 is 0 Å². The van der Waals surface area contributed by atoms with E-state index in [-0.39, 0.29) is 70.2 Å². The third-order valence-corrected chi connectivity index (χ3v) is 13.7. The molecule has 2 aliphatic heterocycles. The Morgan fingerprint density at radius 2 is 1.87 bits per heavy atom. The first-order valence-electron chi connectivity index (χ1n) is 17.6. The van der Waals surface area contributed by atoms with Crippen LogP contribution in [0.2, 0.25) is 0 Å². The van der Waals surface area contributed by atoms with Crippen LogP contribution in [0.15, 0.2) is 38.5 Å².